The van der Waals surface area contributed by atoms with Crippen molar-refractivity contribution in [2.24, 2.45) is 0 Å². The van der Waals surface area contributed by atoms with Crippen LogP contribution in [0.1, 0.15) is 70.3 Å². The molecule has 0 unspecified atom stereocenters. The van der Waals surface area contributed by atoms with Gasteiger partial charge in [-0.1, -0.05) is 49.9 Å². The van der Waals surface area contributed by atoms with Crippen LogP contribution < -0.4 is 15.8 Å². The van der Waals surface area contributed by atoms with Gasteiger partial charge in [0, 0.05) is 29.4 Å². The summed E-state index contributed by atoms with van der Waals surface area (Å²) in [5.41, 5.74) is 9.41. The van der Waals surface area contributed by atoms with Gasteiger partial charge in [0.25, 0.3) is 5.91 Å². The third kappa shape index (κ3) is 6.39. The predicted octanol–water partition coefficient (Wildman–Crippen LogP) is 8.11. The standard InChI is InChI=1S/C30H37ClN4OS2/c1-2-9-21-12-14-22(15-13-21)32-29(36)28-24-10-5-6-11-26(24)33-35(30(28)37)23-16-17-25(31)27(20-23)38-34-18-7-3-4-8-19-34/h12-17,20,33,37H,2-11,18-19H2,1H3,(H,32,36). The van der Waals surface area contributed by atoms with E-state index in [0.717, 1.165) is 84.2 Å². The first-order valence-corrected chi connectivity index (χ1v) is 15.5. The molecule has 0 atom stereocenters. The van der Waals surface area contributed by atoms with Gasteiger partial charge in [0.1, 0.15) is 5.03 Å². The fourth-order valence-corrected chi connectivity index (χ4v) is 7.05. The number of thiol groups is 1. The Morgan fingerprint density at radius 1 is 1.03 bits per heavy atom. The molecule has 1 saturated heterocycles. The van der Waals surface area contributed by atoms with Crippen LogP contribution >= 0.6 is 36.2 Å². The molecule has 8 heteroatoms. The Balaban J connectivity index is 1.43. The molecule has 5 nitrogen and oxygen atoms in total. The normalized spacial score (nSPS) is 18.7. The lowest BCUT2D eigenvalue weighted by Crippen LogP contribution is -2.42. The Labute approximate surface area is 241 Å². The number of hydrazine groups is 1. The summed E-state index contributed by atoms with van der Waals surface area (Å²) in [5, 5.41) is 6.42. The van der Waals surface area contributed by atoms with E-state index in [1.807, 2.05) is 29.3 Å². The van der Waals surface area contributed by atoms with Crippen molar-refractivity contribution < 1.29 is 4.79 Å². The van der Waals surface area contributed by atoms with Crippen molar-refractivity contribution in [1.82, 2.24) is 9.73 Å². The Morgan fingerprint density at radius 3 is 2.50 bits per heavy atom. The molecule has 38 heavy (non-hydrogen) atoms. The summed E-state index contributed by atoms with van der Waals surface area (Å²) >= 11 is 13.3. The SMILES string of the molecule is CCCc1ccc(NC(=O)C2=C(S)N(c3ccc(Cl)c(SN4CCCCCC4)c3)NC3=C2CCCC3)cc1. The highest BCUT2D eigenvalue weighted by molar-refractivity contribution is 7.97. The third-order valence-electron chi connectivity index (χ3n) is 7.39. The summed E-state index contributed by atoms with van der Waals surface area (Å²) in [6.45, 7) is 4.32. The smallest absolute Gasteiger partial charge is 0.258 e. The van der Waals surface area contributed by atoms with Gasteiger partial charge in [-0.05, 0) is 98.4 Å². The molecule has 0 bridgehead atoms. The second-order valence-corrected chi connectivity index (χ2v) is 12.2. The van der Waals surface area contributed by atoms with Crippen LogP contribution in [0.2, 0.25) is 5.02 Å². The number of carbonyl (C=O) groups excluding carboxylic acids is 1. The fourth-order valence-electron chi connectivity index (χ4n) is 5.37. The van der Waals surface area contributed by atoms with Crippen molar-refractivity contribution in [2.45, 2.75) is 76.0 Å². The molecular formula is C30H37ClN4OS2. The minimum absolute atomic E-state index is 0.118. The lowest BCUT2D eigenvalue weighted by Gasteiger charge is -2.37. The highest BCUT2D eigenvalue weighted by atomic mass is 35.5. The van der Waals surface area contributed by atoms with Crippen LogP contribution in [0.3, 0.4) is 0 Å². The van der Waals surface area contributed by atoms with Crippen molar-refractivity contribution in [1.29, 1.82) is 0 Å². The van der Waals surface area contributed by atoms with E-state index in [4.69, 9.17) is 24.2 Å². The average Bonchev–Trinajstić information content (AvgIpc) is 3.19. The topological polar surface area (TPSA) is 47.6 Å². The first-order valence-electron chi connectivity index (χ1n) is 13.9. The van der Waals surface area contributed by atoms with E-state index >= 15 is 0 Å². The summed E-state index contributed by atoms with van der Waals surface area (Å²) in [4.78, 5) is 14.7. The van der Waals surface area contributed by atoms with Crippen molar-refractivity contribution >= 4 is 53.5 Å². The molecule has 0 aromatic heterocycles. The lowest BCUT2D eigenvalue weighted by atomic mass is 9.89. The average molecular weight is 569 g/mol. The van der Waals surface area contributed by atoms with E-state index in [1.54, 1.807) is 11.9 Å². The monoisotopic (exact) mass is 568 g/mol. The maximum Gasteiger partial charge on any atom is 0.258 e. The molecule has 5 rings (SSSR count). The summed E-state index contributed by atoms with van der Waals surface area (Å²) in [6.07, 6.45) is 11.1. The molecule has 2 aliphatic heterocycles. The largest absolute Gasteiger partial charge is 0.322 e. The van der Waals surface area contributed by atoms with Crippen LogP contribution in [0.25, 0.3) is 0 Å². The number of amides is 1. The number of rotatable bonds is 7. The summed E-state index contributed by atoms with van der Waals surface area (Å²) in [7, 11) is 0. The minimum Gasteiger partial charge on any atom is -0.322 e. The van der Waals surface area contributed by atoms with Crippen LogP contribution in [-0.4, -0.2) is 23.3 Å². The van der Waals surface area contributed by atoms with Crippen LogP contribution in [0.5, 0.6) is 0 Å². The second kappa shape index (κ2) is 12.9. The summed E-state index contributed by atoms with van der Waals surface area (Å²) < 4.78 is 2.42. The maximum atomic E-state index is 13.7. The van der Waals surface area contributed by atoms with E-state index in [0.29, 0.717) is 10.6 Å². The zero-order valence-electron chi connectivity index (χ0n) is 22.1. The van der Waals surface area contributed by atoms with Gasteiger partial charge in [-0.15, -0.1) is 12.6 Å². The Kier molecular flexibility index (Phi) is 9.31. The molecule has 2 heterocycles. The highest BCUT2D eigenvalue weighted by Gasteiger charge is 2.32. The van der Waals surface area contributed by atoms with E-state index in [1.165, 1.54) is 31.2 Å². The predicted molar refractivity (Wildman–Crippen MR) is 164 cm³/mol. The van der Waals surface area contributed by atoms with E-state index in [-0.39, 0.29) is 5.91 Å². The molecule has 0 saturated carbocycles. The second-order valence-electron chi connectivity index (χ2n) is 10.3. The summed E-state index contributed by atoms with van der Waals surface area (Å²) in [6, 6.07) is 14.2. The maximum absolute atomic E-state index is 13.7. The molecule has 202 valence electrons. The number of allylic oxidation sites excluding steroid dienone is 1. The molecule has 1 amide bonds. The molecule has 1 fully saturated rings. The highest BCUT2D eigenvalue weighted by Crippen LogP contribution is 2.40. The minimum atomic E-state index is -0.118. The summed E-state index contributed by atoms with van der Waals surface area (Å²) in [5.74, 6) is -0.118. The number of halogens is 1. The fraction of sp³-hybridized carbons (Fsp3) is 0.433. The molecule has 0 radical (unpaired) electrons. The lowest BCUT2D eigenvalue weighted by molar-refractivity contribution is -0.112. The van der Waals surface area contributed by atoms with Gasteiger partial charge in [-0.25, -0.2) is 9.31 Å². The molecule has 0 spiro atoms. The Bertz CT molecular complexity index is 1220. The van der Waals surface area contributed by atoms with Gasteiger partial charge in [0.2, 0.25) is 0 Å². The molecular weight excluding hydrogens is 532 g/mol. The number of aryl methyl sites for hydroxylation is 1. The molecule has 2 aromatic rings. The number of anilines is 2. The first-order chi connectivity index (χ1) is 18.5. The molecule has 2 aromatic carbocycles. The van der Waals surface area contributed by atoms with Gasteiger partial charge in [0.15, 0.2) is 0 Å². The number of carbonyl (C=O) groups is 1. The van der Waals surface area contributed by atoms with Crippen molar-refractivity contribution in [2.75, 3.05) is 23.4 Å². The van der Waals surface area contributed by atoms with Gasteiger partial charge < -0.3 is 5.32 Å². The number of benzene rings is 2. The molecule has 1 aliphatic carbocycles. The van der Waals surface area contributed by atoms with Crippen LogP contribution in [0, 0.1) is 0 Å². The van der Waals surface area contributed by atoms with E-state index in [2.05, 4.69) is 40.2 Å². The van der Waals surface area contributed by atoms with Gasteiger partial charge in [0.05, 0.1) is 16.3 Å². The zero-order chi connectivity index (χ0) is 26.5. The third-order valence-corrected chi connectivity index (χ3v) is 9.42. The van der Waals surface area contributed by atoms with Crippen LogP contribution in [-0.2, 0) is 11.2 Å². The Morgan fingerprint density at radius 2 is 1.76 bits per heavy atom. The van der Waals surface area contributed by atoms with Gasteiger partial charge >= 0.3 is 0 Å². The van der Waals surface area contributed by atoms with E-state index in [9.17, 15) is 4.79 Å². The first kappa shape index (κ1) is 27.5. The number of hydrogen-bond donors (Lipinski definition) is 3. The van der Waals surface area contributed by atoms with Crippen LogP contribution in [0.15, 0.2) is 69.2 Å². The Hall–Kier alpha value is -2.06. The number of nitrogens with zero attached hydrogens (tertiary/aromatic N) is 2. The van der Waals surface area contributed by atoms with E-state index < -0.39 is 0 Å². The molecule has 2 N–H and O–H groups in total. The van der Waals surface area contributed by atoms with Crippen molar-refractivity contribution in [3.63, 3.8) is 0 Å². The van der Waals surface area contributed by atoms with Crippen molar-refractivity contribution in [3.8, 4) is 0 Å². The van der Waals surface area contributed by atoms with Gasteiger partial charge in [-0.3, -0.25) is 10.2 Å². The van der Waals surface area contributed by atoms with Gasteiger partial charge in [-0.2, -0.15) is 0 Å². The van der Waals surface area contributed by atoms with Crippen molar-refractivity contribution in [3.05, 3.63) is 74.9 Å². The number of hydrogen-bond acceptors (Lipinski definition) is 6. The molecule has 3 aliphatic rings. The van der Waals surface area contributed by atoms with Crippen LogP contribution in [0.4, 0.5) is 11.4 Å². The quantitative estimate of drug-likeness (QED) is 0.233. The number of nitrogens with one attached hydrogen (secondary N) is 2. The zero-order valence-corrected chi connectivity index (χ0v) is 24.5.